The zero-order valence-corrected chi connectivity index (χ0v) is 10.5. The van der Waals surface area contributed by atoms with Gasteiger partial charge < -0.3 is 14.7 Å². The minimum absolute atomic E-state index is 0.138. The minimum Gasteiger partial charge on any atom is -0.394 e. The Labute approximate surface area is 109 Å². The molecule has 0 spiro atoms. The van der Waals surface area contributed by atoms with E-state index in [0.717, 1.165) is 6.07 Å². The Morgan fingerprint density at radius 1 is 1.58 bits per heavy atom. The van der Waals surface area contributed by atoms with E-state index in [9.17, 15) is 14.5 Å². The highest BCUT2D eigenvalue weighted by molar-refractivity contribution is 5.52. The summed E-state index contributed by atoms with van der Waals surface area (Å²) < 4.78 is 19.4. The topological polar surface area (TPSA) is 75.8 Å². The summed E-state index contributed by atoms with van der Waals surface area (Å²) in [5.74, 6) is -0.639. The molecule has 1 saturated heterocycles. The summed E-state index contributed by atoms with van der Waals surface area (Å²) >= 11 is 0. The van der Waals surface area contributed by atoms with Gasteiger partial charge >= 0.3 is 0 Å². The zero-order chi connectivity index (χ0) is 14.0. The first-order valence-electron chi connectivity index (χ1n) is 5.96. The monoisotopic (exact) mass is 270 g/mol. The first kappa shape index (κ1) is 13.7. The van der Waals surface area contributed by atoms with E-state index in [0.29, 0.717) is 18.8 Å². The average molecular weight is 270 g/mol. The van der Waals surface area contributed by atoms with Crippen LogP contribution in [0.4, 0.5) is 15.8 Å². The van der Waals surface area contributed by atoms with Crippen LogP contribution in [-0.2, 0) is 4.74 Å². The molecule has 2 rings (SSSR count). The molecule has 7 heteroatoms. The van der Waals surface area contributed by atoms with Crippen LogP contribution in [0.5, 0.6) is 0 Å². The van der Waals surface area contributed by atoms with Gasteiger partial charge in [-0.05, 0) is 13.0 Å². The van der Waals surface area contributed by atoms with Gasteiger partial charge in [0.25, 0.3) is 5.69 Å². The van der Waals surface area contributed by atoms with Crippen LogP contribution in [0.3, 0.4) is 0 Å². The molecule has 1 aromatic rings. The van der Waals surface area contributed by atoms with Gasteiger partial charge in [-0.25, -0.2) is 4.39 Å². The molecule has 0 bridgehead atoms. The smallest absolute Gasteiger partial charge is 0.272 e. The van der Waals surface area contributed by atoms with Gasteiger partial charge in [0.15, 0.2) is 5.82 Å². The number of rotatable bonds is 3. The molecule has 1 aliphatic rings. The molecule has 0 radical (unpaired) electrons. The number of hydrogen-bond acceptors (Lipinski definition) is 5. The molecule has 0 amide bonds. The molecule has 19 heavy (non-hydrogen) atoms. The van der Waals surface area contributed by atoms with Crippen molar-refractivity contribution in [1.82, 2.24) is 0 Å². The Kier molecular flexibility index (Phi) is 3.96. The number of benzene rings is 1. The van der Waals surface area contributed by atoms with Gasteiger partial charge in [0.1, 0.15) is 0 Å². The van der Waals surface area contributed by atoms with E-state index in [1.165, 1.54) is 12.1 Å². The van der Waals surface area contributed by atoms with Crippen molar-refractivity contribution in [2.45, 2.75) is 19.1 Å². The Morgan fingerprint density at radius 2 is 2.32 bits per heavy atom. The molecular weight excluding hydrogens is 255 g/mol. The number of nitro benzene ring substituents is 1. The van der Waals surface area contributed by atoms with Crippen molar-refractivity contribution in [3.8, 4) is 0 Å². The molecule has 6 nitrogen and oxygen atoms in total. The number of anilines is 1. The van der Waals surface area contributed by atoms with Crippen molar-refractivity contribution in [3.05, 3.63) is 34.1 Å². The van der Waals surface area contributed by atoms with Crippen LogP contribution >= 0.6 is 0 Å². The third-order valence-electron chi connectivity index (χ3n) is 3.01. The highest BCUT2D eigenvalue weighted by atomic mass is 19.1. The predicted octanol–water partition coefficient (Wildman–Crippen LogP) is 1.32. The van der Waals surface area contributed by atoms with E-state index in [1.807, 2.05) is 6.92 Å². The fourth-order valence-electron chi connectivity index (χ4n) is 2.21. The van der Waals surface area contributed by atoms with Gasteiger partial charge in [-0.1, -0.05) is 0 Å². The number of halogens is 1. The van der Waals surface area contributed by atoms with Gasteiger partial charge in [-0.3, -0.25) is 10.1 Å². The third kappa shape index (κ3) is 2.99. The maximum atomic E-state index is 13.9. The van der Waals surface area contributed by atoms with Gasteiger partial charge in [0.2, 0.25) is 0 Å². The van der Waals surface area contributed by atoms with Crippen molar-refractivity contribution in [2.24, 2.45) is 0 Å². The number of hydrogen-bond donors (Lipinski definition) is 1. The summed E-state index contributed by atoms with van der Waals surface area (Å²) in [7, 11) is 0. The van der Waals surface area contributed by atoms with Gasteiger partial charge in [-0.2, -0.15) is 0 Å². The minimum atomic E-state index is -0.639. The lowest BCUT2D eigenvalue weighted by Crippen LogP contribution is -2.48. The van der Waals surface area contributed by atoms with E-state index in [1.54, 1.807) is 4.90 Å². The van der Waals surface area contributed by atoms with Crippen LogP contribution in [0.1, 0.15) is 6.92 Å². The Bertz CT molecular complexity index is 483. The van der Waals surface area contributed by atoms with Crippen LogP contribution in [0.2, 0.25) is 0 Å². The summed E-state index contributed by atoms with van der Waals surface area (Å²) in [6.45, 7) is 2.52. The van der Waals surface area contributed by atoms with Crippen molar-refractivity contribution in [2.75, 3.05) is 24.6 Å². The van der Waals surface area contributed by atoms with Crippen molar-refractivity contribution in [1.29, 1.82) is 0 Å². The summed E-state index contributed by atoms with van der Waals surface area (Å²) in [5.41, 5.74) is 0.0143. The highest BCUT2D eigenvalue weighted by Gasteiger charge is 2.27. The van der Waals surface area contributed by atoms with Crippen LogP contribution in [0.25, 0.3) is 0 Å². The second-order valence-corrected chi connectivity index (χ2v) is 4.55. The predicted molar refractivity (Wildman–Crippen MR) is 66.7 cm³/mol. The Balaban J connectivity index is 2.23. The number of aliphatic hydroxyl groups is 1. The van der Waals surface area contributed by atoms with E-state index < -0.39 is 10.7 Å². The second kappa shape index (κ2) is 5.50. The molecule has 1 aromatic carbocycles. The molecule has 1 N–H and O–H groups in total. The summed E-state index contributed by atoms with van der Waals surface area (Å²) in [6.07, 6.45) is -0.515. The normalized spacial score (nSPS) is 23.4. The highest BCUT2D eigenvalue weighted by Crippen LogP contribution is 2.26. The fourth-order valence-corrected chi connectivity index (χ4v) is 2.21. The SMILES string of the molecule is CC1CN(c2ccc([N+](=O)[O-])cc2F)CC(CO)O1. The standard InChI is InChI=1S/C12H15FN2O4/c1-8-5-14(6-10(7-16)19-8)12-3-2-9(15(17)18)4-11(12)13/h2-4,8,10,16H,5-7H2,1H3. The average Bonchev–Trinajstić information content (AvgIpc) is 2.37. The number of ether oxygens (including phenoxy) is 1. The first-order valence-corrected chi connectivity index (χ1v) is 5.96. The lowest BCUT2D eigenvalue weighted by atomic mass is 10.1. The number of aliphatic hydroxyl groups excluding tert-OH is 1. The summed E-state index contributed by atoms with van der Waals surface area (Å²) in [5, 5.41) is 19.7. The maximum Gasteiger partial charge on any atom is 0.272 e. The molecular formula is C12H15FN2O4. The molecule has 0 aliphatic carbocycles. The van der Waals surface area contributed by atoms with E-state index in [2.05, 4.69) is 0 Å². The molecule has 1 aliphatic heterocycles. The number of non-ortho nitro benzene ring substituents is 1. The number of nitro groups is 1. The first-order chi connectivity index (χ1) is 9.01. The lowest BCUT2D eigenvalue weighted by molar-refractivity contribution is -0.385. The molecule has 1 heterocycles. The van der Waals surface area contributed by atoms with Gasteiger partial charge in [-0.15, -0.1) is 0 Å². The van der Waals surface area contributed by atoms with Crippen molar-refractivity contribution in [3.63, 3.8) is 0 Å². The van der Waals surface area contributed by atoms with Gasteiger partial charge in [0.05, 0.1) is 35.5 Å². The third-order valence-corrected chi connectivity index (χ3v) is 3.01. The van der Waals surface area contributed by atoms with Crippen molar-refractivity contribution < 1.29 is 19.2 Å². The molecule has 0 saturated carbocycles. The largest absolute Gasteiger partial charge is 0.394 e. The molecule has 0 aromatic heterocycles. The molecule has 104 valence electrons. The second-order valence-electron chi connectivity index (χ2n) is 4.55. The summed E-state index contributed by atoms with van der Waals surface area (Å²) in [4.78, 5) is 11.7. The molecule has 2 unspecified atom stereocenters. The summed E-state index contributed by atoms with van der Waals surface area (Å²) in [6, 6.07) is 3.57. The fraction of sp³-hybridized carbons (Fsp3) is 0.500. The van der Waals surface area contributed by atoms with Crippen LogP contribution in [0, 0.1) is 15.9 Å². The van der Waals surface area contributed by atoms with E-state index in [4.69, 9.17) is 9.84 Å². The van der Waals surface area contributed by atoms with Gasteiger partial charge in [0, 0.05) is 19.2 Å². The van der Waals surface area contributed by atoms with E-state index in [-0.39, 0.29) is 24.5 Å². The van der Waals surface area contributed by atoms with Crippen molar-refractivity contribution >= 4 is 11.4 Å². The molecule has 1 fully saturated rings. The molecule has 2 atom stereocenters. The lowest BCUT2D eigenvalue weighted by Gasteiger charge is -2.37. The maximum absolute atomic E-state index is 13.9. The zero-order valence-electron chi connectivity index (χ0n) is 10.5. The van der Waals surface area contributed by atoms with Crippen LogP contribution in [0.15, 0.2) is 18.2 Å². The number of morpholine rings is 1. The van der Waals surface area contributed by atoms with Crippen LogP contribution in [-0.4, -0.2) is 41.9 Å². The van der Waals surface area contributed by atoms with Crippen LogP contribution < -0.4 is 4.90 Å². The Morgan fingerprint density at radius 3 is 2.89 bits per heavy atom. The Hall–Kier alpha value is -1.73. The number of nitrogens with zero attached hydrogens (tertiary/aromatic N) is 2. The van der Waals surface area contributed by atoms with E-state index >= 15 is 0 Å². The quantitative estimate of drug-likeness (QED) is 0.662.